The number of sulfonamides is 1. The Balaban J connectivity index is 1.69. The molecule has 1 amide bonds. The summed E-state index contributed by atoms with van der Waals surface area (Å²) in [6.07, 6.45) is 0.424. The van der Waals surface area contributed by atoms with Crippen LogP contribution in [0.3, 0.4) is 0 Å². The number of hydrogen-bond donors (Lipinski definition) is 2. The summed E-state index contributed by atoms with van der Waals surface area (Å²) in [6.45, 7) is 5.24. The Kier molecular flexibility index (Phi) is 7.39. The van der Waals surface area contributed by atoms with E-state index in [0.29, 0.717) is 10.8 Å². The Morgan fingerprint density at radius 1 is 1.06 bits per heavy atom. The van der Waals surface area contributed by atoms with E-state index in [0.717, 1.165) is 0 Å². The van der Waals surface area contributed by atoms with Crippen molar-refractivity contribution in [2.75, 3.05) is 10.0 Å². The van der Waals surface area contributed by atoms with Gasteiger partial charge in [-0.05, 0) is 57.2 Å². The minimum absolute atomic E-state index is 0.0177. The highest BCUT2D eigenvalue weighted by Crippen LogP contribution is 2.21. The number of nitrogens with one attached hydrogen (secondary N) is 2. The lowest BCUT2D eigenvalue weighted by Gasteiger charge is -2.16. The Labute approximate surface area is 196 Å². The Bertz CT molecular complexity index is 1270. The maximum absolute atomic E-state index is 12.7. The van der Waals surface area contributed by atoms with Crippen molar-refractivity contribution in [3.63, 3.8) is 0 Å². The third-order valence-electron chi connectivity index (χ3n) is 4.52. The van der Waals surface area contributed by atoms with E-state index < -0.39 is 28.0 Å². The topological polar surface area (TPSA) is 119 Å². The van der Waals surface area contributed by atoms with Gasteiger partial charge in [-0.25, -0.2) is 17.9 Å². The maximum atomic E-state index is 12.7. The Morgan fingerprint density at radius 2 is 1.79 bits per heavy atom. The summed E-state index contributed by atoms with van der Waals surface area (Å²) in [5.41, 5.74) is 0.261. The van der Waals surface area contributed by atoms with Crippen LogP contribution in [-0.2, 0) is 19.6 Å². The van der Waals surface area contributed by atoms with Gasteiger partial charge in [-0.15, -0.1) is 0 Å². The summed E-state index contributed by atoms with van der Waals surface area (Å²) in [5, 5.41) is 7.16. The average Bonchev–Trinajstić information content (AvgIpc) is 3.22. The quantitative estimate of drug-likeness (QED) is 0.459. The van der Waals surface area contributed by atoms with Crippen molar-refractivity contribution in [1.29, 1.82) is 0 Å². The van der Waals surface area contributed by atoms with Crippen LogP contribution in [0.1, 0.15) is 37.2 Å². The standard InChI is InChI=1S/C22H23ClN4O5S/c1-14(2)27-20(10-11-24-27)25-21(28)15(3)32-22(29)16-6-4-9-19(12-16)33(30,31)26-18-8-5-7-17(23)13-18/h4-15,26H,1-3H3,(H,25,28). The van der Waals surface area contributed by atoms with Crippen molar-refractivity contribution in [3.05, 3.63) is 71.4 Å². The first kappa shape index (κ1) is 24.3. The van der Waals surface area contributed by atoms with Gasteiger partial charge in [-0.3, -0.25) is 9.52 Å². The molecule has 0 aliphatic heterocycles. The lowest BCUT2D eigenvalue weighted by atomic mass is 10.2. The van der Waals surface area contributed by atoms with E-state index in [-0.39, 0.29) is 22.2 Å². The fraction of sp³-hybridized carbons (Fsp3) is 0.227. The van der Waals surface area contributed by atoms with E-state index in [9.17, 15) is 18.0 Å². The largest absolute Gasteiger partial charge is 0.449 e. The molecule has 2 N–H and O–H groups in total. The first-order valence-corrected chi connectivity index (χ1v) is 11.9. The van der Waals surface area contributed by atoms with E-state index in [1.807, 2.05) is 13.8 Å². The number of esters is 1. The highest BCUT2D eigenvalue weighted by Gasteiger charge is 2.22. The fourth-order valence-electron chi connectivity index (χ4n) is 2.89. The molecule has 0 radical (unpaired) electrons. The van der Waals surface area contributed by atoms with E-state index in [1.54, 1.807) is 35.1 Å². The zero-order valence-corrected chi connectivity index (χ0v) is 19.7. The van der Waals surface area contributed by atoms with Gasteiger partial charge in [0.2, 0.25) is 0 Å². The first-order chi connectivity index (χ1) is 15.6. The summed E-state index contributed by atoms with van der Waals surface area (Å²) >= 11 is 5.90. The van der Waals surface area contributed by atoms with E-state index in [1.165, 1.54) is 37.3 Å². The number of hydrogen-bond acceptors (Lipinski definition) is 6. The van der Waals surface area contributed by atoms with Crippen molar-refractivity contribution < 1.29 is 22.7 Å². The summed E-state index contributed by atoms with van der Waals surface area (Å²) in [7, 11) is -3.98. The number of ether oxygens (including phenoxy) is 1. The van der Waals surface area contributed by atoms with Gasteiger partial charge in [0.15, 0.2) is 6.10 Å². The number of anilines is 2. The van der Waals surface area contributed by atoms with Gasteiger partial charge >= 0.3 is 5.97 Å². The molecular formula is C22H23ClN4O5S. The molecule has 2 aromatic carbocycles. The van der Waals surface area contributed by atoms with Crippen molar-refractivity contribution in [1.82, 2.24) is 9.78 Å². The molecule has 0 aliphatic carbocycles. The number of halogens is 1. The lowest BCUT2D eigenvalue weighted by molar-refractivity contribution is -0.123. The molecule has 9 nitrogen and oxygen atoms in total. The van der Waals surface area contributed by atoms with Gasteiger partial charge in [0.25, 0.3) is 15.9 Å². The normalized spacial score (nSPS) is 12.3. The molecule has 1 aromatic heterocycles. The number of rotatable bonds is 8. The van der Waals surface area contributed by atoms with Gasteiger partial charge in [0, 0.05) is 17.1 Å². The van der Waals surface area contributed by atoms with Gasteiger partial charge in [-0.1, -0.05) is 23.7 Å². The third kappa shape index (κ3) is 6.11. The molecule has 0 fully saturated rings. The summed E-state index contributed by atoms with van der Waals surface area (Å²) in [4.78, 5) is 24.9. The van der Waals surface area contributed by atoms with Crippen LogP contribution in [0.15, 0.2) is 65.7 Å². The van der Waals surface area contributed by atoms with Crippen LogP contribution < -0.4 is 10.0 Å². The number of nitrogens with zero attached hydrogens (tertiary/aromatic N) is 2. The van der Waals surface area contributed by atoms with Crippen molar-refractivity contribution in [3.8, 4) is 0 Å². The molecule has 0 bridgehead atoms. The SMILES string of the molecule is CC(OC(=O)c1cccc(S(=O)(=O)Nc2cccc(Cl)c2)c1)C(=O)Nc1ccnn1C(C)C. The molecule has 33 heavy (non-hydrogen) atoms. The summed E-state index contributed by atoms with van der Waals surface area (Å²) in [5.74, 6) is -0.912. The highest BCUT2D eigenvalue weighted by atomic mass is 35.5. The van der Waals surface area contributed by atoms with Crippen LogP contribution in [0.4, 0.5) is 11.5 Å². The second-order valence-electron chi connectivity index (χ2n) is 7.44. The van der Waals surface area contributed by atoms with E-state index in [4.69, 9.17) is 16.3 Å². The number of aromatic nitrogens is 2. The highest BCUT2D eigenvalue weighted by molar-refractivity contribution is 7.92. The molecule has 3 aromatic rings. The second kappa shape index (κ2) is 10.1. The van der Waals surface area contributed by atoms with Gasteiger partial charge in [0.05, 0.1) is 22.3 Å². The van der Waals surface area contributed by atoms with Crippen molar-refractivity contribution in [2.24, 2.45) is 0 Å². The number of carbonyl (C=O) groups excluding carboxylic acids is 2. The Hall–Kier alpha value is -3.37. The molecule has 11 heteroatoms. The molecule has 0 spiro atoms. The maximum Gasteiger partial charge on any atom is 0.338 e. The smallest absolute Gasteiger partial charge is 0.338 e. The van der Waals surface area contributed by atoms with E-state index >= 15 is 0 Å². The van der Waals surface area contributed by atoms with Crippen molar-refractivity contribution >= 4 is 45.0 Å². The molecule has 174 valence electrons. The van der Waals surface area contributed by atoms with Crippen LogP contribution in [-0.4, -0.2) is 36.2 Å². The lowest BCUT2D eigenvalue weighted by Crippen LogP contribution is -2.31. The molecule has 0 saturated carbocycles. The van der Waals surface area contributed by atoms with Crippen LogP contribution >= 0.6 is 11.6 Å². The van der Waals surface area contributed by atoms with E-state index in [2.05, 4.69) is 15.1 Å². The van der Waals surface area contributed by atoms with Crippen LogP contribution in [0.5, 0.6) is 0 Å². The zero-order valence-electron chi connectivity index (χ0n) is 18.2. The van der Waals surface area contributed by atoms with Gasteiger partial charge in [-0.2, -0.15) is 5.10 Å². The van der Waals surface area contributed by atoms with Crippen molar-refractivity contribution in [2.45, 2.75) is 37.8 Å². The molecule has 0 aliphatic rings. The minimum Gasteiger partial charge on any atom is -0.449 e. The second-order valence-corrected chi connectivity index (χ2v) is 9.55. The minimum atomic E-state index is -3.98. The number of amides is 1. The molecule has 3 rings (SSSR count). The predicted molar refractivity (Wildman–Crippen MR) is 125 cm³/mol. The first-order valence-electron chi connectivity index (χ1n) is 10.0. The zero-order chi connectivity index (χ0) is 24.2. The summed E-state index contributed by atoms with van der Waals surface area (Å²) in [6, 6.07) is 13.2. The van der Waals surface area contributed by atoms with Crippen LogP contribution in [0, 0.1) is 0 Å². The molecule has 1 heterocycles. The van der Waals surface area contributed by atoms with Crippen LogP contribution in [0.25, 0.3) is 0 Å². The monoisotopic (exact) mass is 490 g/mol. The fourth-order valence-corrected chi connectivity index (χ4v) is 4.18. The third-order valence-corrected chi connectivity index (χ3v) is 6.13. The summed E-state index contributed by atoms with van der Waals surface area (Å²) < 4.78 is 34.7. The van der Waals surface area contributed by atoms with Crippen LogP contribution in [0.2, 0.25) is 5.02 Å². The molecule has 0 saturated heterocycles. The Morgan fingerprint density at radius 3 is 2.48 bits per heavy atom. The average molecular weight is 491 g/mol. The van der Waals surface area contributed by atoms with Gasteiger partial charge < -0.3 is 10.1 Å². The number of benzene rings is 2. The van der Waals surface area contributed by atoms with Gasteiger partial charge in [0.1, 0.15) is 5.82 Å². The molecular weight excluding hydrogens is 468 g/mol. The molecule has 1 atom stereocenters. The number of carbonyl (C=O) groups is 2. The predicted octanol–water partition coefficient (Wildman–Crippen LogP) is 4.10. The molecule has 1 unspecified atom stereocenters.